The van der Waals surface area contributed by atoms with Gasteiger partial charge in [-0.25, -0.2) is 13.4 Å². The highest BCUT2D eigenvalue weighted by atomic mass is 32.2. The van der Waals surface area contributed by atoms with Crippen LogP contribution in [-0.4, -0.2) is 54.3 Å². The van der Waals surface area contributed by atoms with Crippen LogP contribution in [0.2, 0.25) is 0 Å². The SMILES string of the molecule is O=C(Nc1nc2cccc(C(=O)C3CCS(=O)(=O)CC3)c2n1C1CCCCNC1)c1ccccc1. The molecule has 2 saturated heterocycles. The first-order chi connectivity index (χ1) is 16.9. The summed E-state index contributed by atoms with van der Waals surface area (Å²) in [6.45, 7) is 1.64. The number of carbonyl (C=O) groups excluding carboxylic acids is 2. The molecule has 0 radical (unpaired) electrons. The number of amides is 1. The van der Waals surface area contributed by atoms with E-state index < -0.39 is 9.84 Å². The zero-order valence-electron chi connectivity index (χ0n) is 19.6. The average Bonchev–Trinajstić information content (AvgIpc) is 3.02. The van der Waals surface area contributed by atoms with E-state index in [-0.39, 0.29) is 35.2 Å². The molecule has 2 aliphatic rings. The van der Waals surface area contributed by atoms with Crippen LogP contribution in [0.4, 0.5) is 5.95 Å². The van der Waals surface area contributed by atoms with Crippen molar-refractivity contribution < 1.29 is 18.0 Å². The summed E-state index contributed by atoms with van der Waals surface area (Å²) in [4.78, 5) is 31.4. The third-order valence-electron chi connectivity index (χ3n) is 7.05. The summed E-state index contributed by atoms with van der Waals surface area (Å²) >= 11 is 0. The zero-order chi connectivity index (χ0) is 24.4. The van der Waals surface area contributed by atoms with Crippen LogP contribution < -0.4 is 10.6 Å². The Morgan fingerprint density at radius 1 is 0.971 bits per heavy atom. The molecule has 3 heterocycles. The summed E-state index contributed by atoms with van der Waals surface area (Å²) in [6, 6.07) is 14.5. The van der Waals surface area contributed by atoms with Gasteiger partial charge in [0, 0.05) is 29.6 Å². The number of para-hydroxylation sites is 1. The van der Waals surface area contributed by atoms with Gasteiger partial charge in [0.15, 0.2) is 5.78 Å². The van der Waals surface area contributed by atoms with Gasteiger partial charge in [0.1, 0.15) is 9.84 Å². The van der Waals surface area contributed by atoms with Crippen molar-refractivity contribution in [2.45, 2.75) is 38.1 Å². The first kappa shape index (κ1) is 23.7. The molecular formula is C26H30N4O4S. The summed E-state index contributed by atoms with van der Waals surface area (Å²) in [5.74, 6) is -0.118. The molecule has 9 heteroatoms. The molecule has 0 saturated carbocycles. The van der Waals surface area contributed by atoms with E-state index in [1.807, 2.05) is 28.8 Å². The summed E-state index contributed by atoms with van der Waals surface area (Å²) < 4.78 is 25.8. The number of carbonyl (C=O) groups is 2. The fraction of sp³-hybridized carbons (Fsp3) is 0.423. The van der Waals surface area contributed by atoms with Gasteiger partial charge in [-0.1, -0.05) is 30.7 Å². The van der Waals surface area contributed by atoms with Crippen molar-refractivity contribution in [3.05, 3.63) is 59.7 Å². The number of nitrogens with one attached hydrogen (secondary N) is 2. The highest BCUT2D eigenvalue weighted by Gasteiger charge is 2.32. The average molecular weight is 495 g/mol. The van der Waals surface area contributed by atoms with Crippen LogP contribution in [0.25, 0.3) is 11.0 Å². The first-order valence-corrected chi connectivity index (χ1v) is 14.1. The van der Waals surface area contributed by atoms with E-state index >= 15 is 0 Å². The third-order valence-corrected chi connectivity index (χ3v) is 8.76. The summed E-state index contributed by atoms with van der Waals surface area (Å²) in [6.07, 6.45) is 3.68. The second-order valence-electron chi connectivity index (χ2n) is 9.44. The standard InChI is InChI=1S/C26H30N4O4S/c31-24(18-12-15-35(33,34)16-13-18)21-10-6-11-22-23(21)30(20-9-4-5-14-27-17-20)26(28-22)29-25(32)19-7-2-1-3-8-19/h1-3,6-8,10-11,18,20,27H,4-5,9,12-17H2,(H,28,29,32). The van der Waals surface area contributed by atoms with Gasteiger partial charge in [-0.3, -0.25) is 14.9 Å². The lowest BCUT2D eigenvalue weighted by Crippen LogP contribution is -2.29. The second-order valence-corrected chi connectivity index (χ2v) is 11.7. The Kier molecular flexibility index (Phi) is 6.71. The highest BCUT2D eigenvalue weighted by molar-refractivity contribution is 7.91. The molecule has 3 aromatic rings. The lowest BCUT2D eigenvalue weighted by Gasteiger charge is -2.23. The van der Waals surface area contributed by atoms with Crippen LogP contribution in [0.1, 0.15) is 58.9 Å². The maximum absolute atomic E-state index is 13.6. The smallest absolute Gasteiger partial charge is 0.257 e. The molecular weight excluding hydrogens is 464 g/mol. The first-order valence-electron chi connectivity index (χ1n) is 12.3. The number of imidazole rings is 1. The number of fused-ring (bicyclic) bond motifs is 1. The van der Waals surface area contributed by atoms with Crippen molar-refractivity contribution in [1.82, 2.24) is 14.9 Å². The molecule has 2 aliphatic heterocycles. The van der Waals surface area contributed by atoms with Gasteiger partial charge in [-0.15, -0.1) is 0 Å². The number of sulfone groups is 1. The molecule has 5 rings (SSSR count). The van der Waals surface area contributed by atoms with Gasteiger partial charge in [0.05, 0.1) is 22.5 Å². The van der Waals surface area contributed by atoms with Crippen LogP contribution in [0.15, 0.2) is 48.5 Å². The maximum Gasteiger partial charge on any atom is 0.257 e. The van der Waals surface area contributed by atoms with Crippen LogP contribution >= 0.6 is 0 Å². The summed E-state index contributed by atoms with van der Waals surface area (Å²) in [5, 5.41) is 6.46. The number of benzene rings is 2. The molecule has 1 aromatic heterocycles. The molecule has 0 bridgehead atoms. The minimum Gasteiger partial charge on any atom is -0.315 e. The topological polar surface area (TPSA) is 110 Å². The molecule has 184 valence electrons. The number of rotatable bonds is 5. The minimum absolute atomic E-state index is 0.0225. The van der Waals surface area contributed by atoms with Gasteiger partial charge in [0.25, 0.3) is 5.91 Å². The van der Waals surface area contributed by atoms with Crippen molar-refractivity contribution in [3.63, 3.8) is 0 Å². The summed E-state index contributed by atoms with van der Waals surface area (Å²) in [7, 11) is -3.06. The van der Waals surface area contributed by atoms with E-state index in [2.05, 4.69) is 10.6 Å². The fourth-order valence-electron chi connectivity index (χ4n) is 5.15. The number of Topliss-reactive ketones (excluding diaryl/α,β-unsaturated/α-hetero) is 1. The van der Waals surface area contributed by atoms with E-state index in [0.717, 1.165) is 25.8 Å². The number of ketones is 1. The van der Waals surface area contributed by atoms with E-state index in [1.165, 1.54) is 0 Å². The number of anilines is 1. The predicted molar refractivity (Wildman–Crippen MR) is 136 cm³/mol. The molecule has 2 aromatic carbocycles. The zero-order valence-corrected chi connectivity index (χ0v) is 20.4. The Morgan fingerprint density at radius 3 is 2.51 bits per heavy atom. The summed E-state index contributed by atoms with van der Waals surface area (Å²) in [5.41, 5.74) is 2.43. The number of aromatic nitrogens is 2. The van der Waals surface area contributed by atoms with Crippen molar-refractivity contribution in [2.75, 3.05) is 29.9 Å². The third kappa shape index (κ3) is 5.01. The molecule has 35 heavy (non-hydrogen) atoms. The van der Waals surface area contributed by atoms with E-state index in [1.54, 1.807) is 24.3 Å². The van der Waals surface area contributed by atoms with E-state index in [9.17, 15) is 18.0 Å². The van der Waals surface area contributed by atoms with Gasteiger partial charge < -0.3 is 9.88 Å². The highest BCUT2D eigenvalue weighted by Crippen LogP contribution is 2.33. The molecule has 2 N–H and O–H groups in total. The molecule has 1 unspecified atom stereocenters. The molecule has 1 amide bonds. The molecule has 0 spiro atoms. The van der Waals surface area contributed by atoms with Crippen LogP contribution in [0.3, 0.4) is 0 Å². The Balaban J connectivity index is 1.57. The Hall–Kier alpha value is -3.04. The number of hydrogen-bond acceptors (Lipinski definition) is 6. The molecule has 8 nitrogen and oxygen atoms in total. The van der Waals surface area contributed by atoms with E-state index in [4.69, 9.17) is 4.98 Å². The van der Waals surface area contributed by atoms with Crippen LogP contribution in [-0.2, 0) is 9.84 Å². The van der Waals surface area contributed by atoms with Gasteiger partial charge in [-0.2, -0.15) is 0 Å². The van der Waals surface area contributed by atoms with Crippen molar-refractivity contribution in [3.8, 4) is 0 Å². The van der Waals surface area contributed by atoms with Gasteiger partial charge in [-0.05, 0) is 56.5 Å². The quantitative estimate of drug-likeness (QED) is 0.525. The van der Waals surface area contributed by atoms with Crippen molar-refractivity contribution in [1.29, 1.82) is 0 Å². The Bertz CT molecular complexity index is 1330. The predicted octanol–water partition coefficient (Wildman–Crippen LogP) is 3.61. The Labute approximate surface area is 205 Å². The second kappa shape index (κ2) is 9.91. The molecule has 2 fully saturated rings. The largest absolute Gasteiger partial charge is 0.315 e. The van der Waals surface area contributed by atoms with Crippen molar-refractivity contribution >= 4 is 38.5 Å². The van der Waals surface area contributed by atoms with Crippen LogP contribution in [0, 0.1) is 5.92 Å². The molecule has 1 atom stereocenters. The van der Waals surface area contributed by atoms with Crippen molar-refractivity contribution in [2.24, 2.45) is 5.92 Å². The molecule has 0 aliphatic carbocycles. The van der Waals surface area contributed by atoms with Gasteiger partial charge >= 0.3 is 0 Å². The monoisotopic (exact) mass is 494 g/mol. The fourth-order valence-corrected chi connectivity index (χ4v) is 6.64. The van der Waals surface area contributed by atoms with Crippen LogP contribution in [0.5, 0.6) is 0 Å². The number of nitrogens with zero attached hydrogens (tertiary/aromatic N) is 2. The number of hydrogen-bond donors (Lipinski definition) is 2. The minimum atomic E-state index is -3.06. The van der Waals surface area contributed by atoms with E-state index in [0.29, 0.717) is 47.5 Å². The lowest BCUT2D eigenvalue weighted by atomic mass is 9.91. The Morgan fingerprint density at radius 2 is 1.74 bits per heavy atom. The normalized spacial score (nSPS) is 20.9. The lowest BCUT2D eigenvalue weighted by molar-refractivity contribution is 0.0913. The van der Waals surface area contributed by atoms with Gasteiger partial charge in [0.2, 0.25) is 5.95 Å². The maximum atomic E-state index is 13.6.